The summed E-state index contributed by atoms with van der Waals surface area (Å²) in [5, 5.41) is 2.91. The molecule has 1 aliphatic rings. The molecule has 1 unspecified atom stereocenters. The van der Waals surface area contributed by atoms with E-state index in [-0.39, 0.29) is 17.7 Å². The van der Waals surface area contributed by atoms with E-state index in [4.69, 9.17) is 0 Å². The molecule has 0 aromatic heterocycles. The molecule has 5 heteroatoms. The molecule has 2 rings (SSSR count). The van der Waals surface area contributed by atoms with E-state index >= 15 is 0 Å². The molecule has 0 aliphatic carbocycles. The van der Waals surface area contributed by atoms with Crippen LogP contribution in [0.2, 0.25) is 0 Å². The maximum atomic E-state index is 12.3. The van der Waals surface area contributed by atoms with Gasteiger partial charge in [-0.1, -0.05) is 35.8 Å². The van der Waals surface area contributed by atoms with E-state index in [0.717, 1.165) is 28.7 Å². The summed E-state index contributed by atoms with van der Waals surface area (Å²) in [6.07, 6.45) is 1.29. The summed E-state index contributed by atoms with van der Waals surface area (Å²) in [7, 11) is 0. The van der Waals surface area contributed by atoms with Crippen LogP contribution in [0.3, 0.4) is 0 Å². The van der Waals surface area contributed by atoms with Crippen molar-refractivity contribution in [2.45, 2.75) is 33.6 Å². The Hall–Kier alpha value is -1.36. The highest BCUT2D eigenvalue weighted by Crippen LogP contribution is 2.23. The summed E-state index contributed by atoms with van der Waals surface area (Å²) < 4.78 is 0.964. The zero-order valence-electron chi connectivity index (χ0n) is 13.4. The molecule has 1 atom stereocenters. The second-order valence-electron chi connectivity index (χ2n) is 6.38. The van der Waals surface area contributed by atoms with E-state index in [9.17, 15) is 9.59 Å². The fraction of sp³-hybridized carbons (Fsp3) is 0.529. The third kappa shape index (κ3) is 4.32. The van der Waals surface area contributed by atoms with Crippen molar-refractivity contribution in [3.63, 3.8) is 0 Å². The summed E-state index contributed by atoms with van der Waals surface area (Å²) in [4.78, 5) is 26.1. The van der Waals surface area contributed by atoms with Crippen LogP contribution in [-0.2, 0) is 9.59 Å². The van der Waals surface area contributed by atoms with E-state index in [0.29, 0.717) is 18.9 Å². The van der Waals surface area contributed by atoms with Gasteiger partial charge in [-0.05, 0) is 37.0 Å². The number of hydrogen-bond donors (Lipinski definition) is 1. The van der Waals surface area contributed by atoms with E-state index in [2.05, 4.69) is 35.1 Å². The Morgan fingerprint density at radius 1 is 1.45 bits per heavy atom. The lowest BCUT2D eigenvalue weighted by Gasteiger charge is -2.17. The molecule has 2 amide bonds. The highest BCUT2D eigenvalue weighted by molar-refractivity contribution is 9.10. The average molecular weight is 367 g/mol. The van der Waals surface area contributed by atoms with Crippen LogP contribution in [0.5, 0.6) is 0 Å². The van der Waals surface area contributed by atoms with Crippen molar-refractivity contribution >= 4 is 33.4 Å². The predicted octanol–water partition coefficient (Wildman–Crippen LogP) is 3.59. The normalized spacial score (nSPS) is 18.1. The highest BCUT2D eigenvalue weighted by Gasteiger charge is 2.34. The zero-order valence-corrected chi connectivity index (χ0v) is 14.9. The third-order valence-electron chi connectivity index (χ3n) is 4.00. The van der Waals surface area contributed by atoms with Gasteiger partial charge in [0.05, 0.1) is 5.92 Å². The van der Waals surface area contributed by atoms with Crippen LogP contribution in [0.1, 0.15) is 32.3 Å². The molecule has 1 aliphatic heterocycles. The van der Waals surface area contributed by atoms with Gasteiger partial charge in [0.2, 0.25) is 11.8 Å². The van der Waals surface area contributed by atoms with Crippen molar-refractivity contribution in [1.29, 1.82) is 0 Å². The number of benzene rings is 1. The van der Waals surface area contributed by atoms with E-state index < -0.39 is 0 Å². The molecule has 1 aromatic carbocycles. The number of anilines is 1. The van der Waals surface area contributed by atoms with Gasteiger partial charge >= 0.3 is 0 Å². The van der Waals surface area contributed by atoms with Crippen molar-refractivity contribution in [2.24, 2.45) is 11.8 Å². The van der Waals surface area contributed by atoms with Gasteiger partial charge < -0.3 is 10.2 Å². The number of amides is 2. The minimum atomic E-state index is -0.250. The maximum absolute atomic E-state index is 12.3. The minimum absolute atomic E-state index is 0.0730. The van der Waals surface area contributed by atoms with E-state index in [1.54, 1.807) is 0 Å². The summed E-state index contributed by atoms with van der Waals surface area (Å²) >= 11 is 3.46. The van der Waals surface area contributed by atoms with Crippen LogP contribution in [0.4, 0.5) is 5.69 Å². The number of carbonyl (C=O) groups excluding carboxylic acids is 2. The van der Waals surface area contributed by atoms with Crippen molar-refractivity contribution < 1.29 is 9.59 Å². The van der Waals surface area contributed by atoms with Crippen LogP contribution < -0.4 is 5.32 Å². The molecule has 4 nitrogen and oxygen atoms in total. The van der Waals surface area contributed by atoms with Gasteiger partial charge in [0, 0.05) is 29.7 Å². The highest BCUT2D eigenvalue weighted by atomic mass is 79.9. The van der Waals surface area contributed by atoms with Crippen LogP contribution in [0.25, 0.3) is 0 Å². The predicted molar refractivity (Wildman–Crippen MR) is 91.7 cm³/mol. The number of nitrogens with one attached hydrogen (secondary N) is 1. The molecule has 1 N–H and O–H groups in total. The van der Waals surface area contributed by atoms with Crippen molar-refractivity contribution in [3.05, 3.63) is 28.2 Å². The number of rotatable bonds is 5. The maximum Gasteiger partial charge on any atom is 0.229 e. The third-order valence-corrected chi connectivity index (χ3v) is 4.86. The molecule has 22 heavy (non-hydrogen) atoms. The van der Waals surface area contributed by atoms with Crippen LogP contribution in [0, 0.1) is 18.8 Å². The minimum Gasteiger partial charge on any atom is -0.342 e. The molecule has 1 saturated heterocycles. The Labute approximate surface area is 140 Å². The van der Waals surface area contributed by atoms with E-state index in [1.165, 1.54) is 0 Å². The zero-order chi connectivity index (χ0) is 16.3. The first-order valence-corrected chi connectivity index (χ1v) is 8.51. The topological polar surface area (TPSA) is 49.4 Å². The summed E-state index contributed by atoms with van der Waals surface area (Å²) in [5.41, 5.74) is 1.88. The molecule has 0 spiro atoms. The van der Waals surface area contributed by atoms with Gasteiger partial charge in [-0.2, -0.15) is 0 Å². The molecule has 1 aromatic rings. The Morgan fingerprint density at radius 3 is 2.82 bits per heavy atom. The number of carbonyl (C=O) groups is 2. The second kappa shape index (κ2) is 7.27. The number of aryl methyl sites for hydroxylation is 1. The lowest BCUT2D eigenvalue weighted by atomic mass is 10.1. The second-order valence-corrected chi connectivity index (χ2v) is 7.23. The largest absolute Gasteiger partial charge is 0.342 e. The molecule has 120 valence electrons. The smallest absolute Gasteiger partial charge is 0.229 e. The van der Waals surface area contributed by atoms with E-state index in [1.807, 2.05) is 30.0 Å². The monoisotopic (exact) mass is 366 g/mol. The fourth-order valence-corrected chi connectivity index (χ4v) is 2.87. The molecule has 1 heterocycles. The fourth-order valence-electron chi connectivity index (χ4n) is 2.49. The number of hydrogen-bond acceptors (Lipinski definition) is 2. The number of likely N-dealkylation sites (tertiary alicyclic amines) is 1. The van der Waals surface area contributed by atoms with Gasteiger partial charge in [0.25, 0.3) is 0 Å². The first-order chi connectivity index (χ1) is 10.4. The summed E-state index contributed by atoms with van der Waals surface area (Å²) in [5.74, 6) is 0.326. The van der Waals surface area contributed by atoms with Crippen molar-refractivity contribution in [3.8, 4) is 0 Å². The Morgan fingerprint density at radius 2 is 2.18 bits per heavy atom. The summed E-state index contributed by atoms with van der Waals surface area (Å²) in [6, 6.07) is 5.72. The first kappa shape index (κ1) is 17.0. The molecular weight excluding hydrogens is 344 g/mol. The molecule has 0 bridgehead atoms. The SMILES string of the molecule is Cc1ccc(NC(=O)C2CC(=O)N(CCC(C)C)C2)cc1Br. The first-order valence-electron chi connectivity index (χ1n) is 7.71. The lowest BCUT2D eigenvalue weighted by Crippen LogP contribution is -2.29. The molecule has 0 saturated carbocycles. The molecule has 1 fully saturated rings. The van der Waals surface area contributed by atoms with Crippen LogP contribution in [0.15, 0.2) is 22.7 Å². The summed E-state index contributed by atoms with van der Waals surface area (Å²) in [6.45, 7) is 7.55. The number of nitrogens with zero attached hydrogens (tertiary/aromatic N) is 1. The molecule has 0 radical (unpaired) electrons. The Bertz CT molecular complexity index is 572. The van der Waals surface area contributed by atoms with Gasteiger partial charge in [-0.15, -0.1) is 0 Å². The van der Waals surface area contributed by atoms with Crippen molar-refractivity contribution in [2.75, 3.05) is 18.4 Å². The van der Waals surface area contributed by atoms with Crippen LogP contribution >= 0.6 is 15.9 Å². The Balaban J connectivity index is 1.93. The van der Waals surface area contributed by atoms with Gasteiger partial charge in [-0.25, -0.2) is 0 Å². The molecular formula is C17H23BrN2O2. The lowest BCUT2D eigenvalue weighted by molar-refractivity contribution is -0.128. The van der Waals surface area contributed by atoms with Gasteiger partial charge in [0.15, 0.2) is 0 Å². The average Bonchev–Trinajstić information content (AvgIpc) is 2.82. The van der Waals surface area contributed by atoms with Gasteiger partial charge in [-0.3, -0.25) is 9.59 Å². The Kier molecular flexibility index (Phi) is 5.62. The number of halogens is 1. The van der Waals surface area contributed by atoms with Gasteiger partial charge in [0.1, 0.15) is 0 Å². The van der Waals surface area contributed by atoms with Crippen LogP contribution in [-0.4, -0.2) is 29.8 Å². The quantitative estimate of drug-likeness (QED) is 0.865. The standard InChI is InChI=1S/C17H23BrN2O2/c1-11(2)6-7-20-10-13(8-16(20)21)17(22)19-14-5-4-12(3)15(18)9-14/h4-5,9,11,13H,6-8,10H2,1-3H3,(H,19,22). The van der Waals surface area contributed by atoms with Crippen molar-refractivity contribution in [1.82, 2.24) is 4.90 Å².